The Morgan fingerprint density at radius 3 is 1.40 bits per heavy atom. The standard InChI is InChI=1S/C40H60O4Si/c1-37-19-15-27(41)23-25(37)7-9-29-31-11-13-35(39(31,3)21-17-33(29)37)43-45(5,6)44-36-14-12-32-30-10-8-26-24-28(42)16-20-38(26,2)34(30)18-22-40(32,36)4/h23-24,29-36H,7-22H2,1-6H3/t29-,30+,31-,32-,33-,34+,35-,36-,37+,38-,39+,40+/m1/s1. The summed E-state index contributed by atoms with van der Waals surface area (Å²) in [5.41, 5.74) is 3.93. The van der Waals surface area contributed by atoms with Crippen molar-refractivity contribution in [3.8, 4) is 0 Å². The SMILES string of the molecule is C[C@]12CC[C@@H]3[C@H](CCC4=CC(=O)CC[C@@]43C)[C@H]1CC[C@H]2O[Si](C)(C)O[C@@H]1CC[C@@H]2[C@@H]3CCC4=CC(=O)CC[C@@]4(C)[C@H]3CC[C@@]21C. The molecule has 8 rings (SSSR count). The van der Waals surface area contributed by atoms with Crippen molar-refractivity contribution in [3.05, 3.63) is 23.3 Å². The normalized spacial score (nSPS) is 50.8. The molecule has 0 aromatic carbocycles. The highest BCUT2D eigenvalue weighted by atomic mass is 28.4. The molecule has 0 bridgehead atoms. The van der Waals surface area contributed by atoms with Crippen LogP contribution in [0.1, 0.15) is 130 Å². The maximum atomic E-state index is 12.3. The maximum Gasteiger partial charge on any atom is 0.332 e. The van der Waals surface area contributed by atoms with Crippen LogP contribution in [0.4, 0.5) is 0 Å². The summed E-state index contributed by atoms with van der Waals surface area (Å²) >= 11 is 0. The molecular formula is C40H60O4Si. The maximum absolute atomic E-state index is 12.3. The highest BCUT2D eigenvalue weighted by molar-refractivity contribution is 6.64. The van der Waals surface area contributed by atoms with Crippen molar-refractivity contribution in [3.63, 3.8) is 0 Å². The average molecular weight is 633 g/mol. The molecule has 0 aliphatic heterocycles. The van der Waals surface area contributed by atoms with Gasteiger partial charge < -0.3 is 8.85 Å². The molecular weight excluding hydrogens is 573 g/mol. The van der Waals surface area contributed by atoms with Gasteiger partial charge in [-0.1, -0.05) is 38.8 Å². The number of hydrogen-bond acceptors (Lipinski definition) is 4. The first-order valence-corrected chi connectivity index (χ1v) is 21.9. The summed E-state index contributed by atoms with van der Waals surface area (Å²) < 4.78 is 14.6. The van der Waals surface area contributed by atoms with E-state index in [1.807, 2.05) is 12.2 Å². The van der Waals surface area contributed by atoms with E-state index in [4.69, 9.17) is 8.85 Å². The number of fused-ring (bicyclic) bond motifs is 10. The molecule has 0 aromatic rings. The van der Waals surface area contributed by atoms with Crippen LogP contribution in [0.2, 0.25) is 13.1 Å². The smallest absolute Gasteiger partial charge is 0.332 e. The lowest BCUT2D eigenvalue weighted by Crippen LogP contribution is -2.55. The Kier molecular flexibility index (Phi) is 7.27. The van der Waals surface area contributed by atoms with Gasteiger partial charge in [0.15, 0.2) is 11.6 Å². The van der Waals surface area contributed by atoms with Gasteiger partial charge >= 0.3 is 8.56 Å². The van der Waals surface area contributed by atoms with Gasteiger partial charge in [0.25, 0.3) is 0 Å². The molecule has 0 spiro atoms. The Morgan fingerprint density at radius 2 is 0.978 bits per heavy atom. The Bertz CT molecular complexity index is 1230. The van der Waals surface area contributed by atoms with Crippen molar-refractivity contribution in [2.24, 2.45) is 57.2 Å². The van der Waals surface area contributed by atoms with Crippen molar-refractivity contribution in [2.75, 3.05) is 0 Å². The number of rotatable bonds is 4. The lowest BCUT2D eigenvalue weighted by molar-refractivity contribution is -0.118. The molecule has 0 heterocycles. The van der Waals surface area contributed by atoms with Crippen LogP contribution >= 0.6 is 0 Å². The molecule has 6 fully saturated rings. The Labute approximate surface area is 274 Å². The van der Waals surface area contributed by atoms with Crippen LogP contribution in [0, 0.1) is 57.2 Å². The van der Waals surface area contributed by atoms with E-state index in [9.17, 15) is 9.59 Å². The van der Waals surface area contributed by atoms with Crippen molar-refractivity contribution < 1.29 is 18.4 Å². The van der Waals surface area contributed by atoms with Gasteiger partial charge in [-0.05, 0) is 172 Å². The molecule has 5 heteroatoms. The van der Waals surface area contributed by atoms with E-state index in [1.54, 1.807) is 0 Å². The molecule has 0 radical (unpaired) electrons. The second-order valence-corrected chi connectivity index (χ2v) is 22.1. The van der Waals surface area contributed by atoms with Crippen molar-refractivity contribution in [1.82, 2.24) is 0 Å². The summed E-state index contributed by atoms with van der Waals surface area (Å²) in [5.74, 6) is 5.23. The molecule has 248 valence electrons. The summed E-state index contributed by atoms with van der Waals surface area (Å²) in [6.07, 6.45) is 23.2. The molecule has 0 aromatic heterocycles. The second kappa shape index (κ2) is 10.5. The first-order chi connectivity index (χ1) is 21.3. The van der Waals surface area contributed by atoms with Gasteiger partial charge in [0.1, 0.15) is 0 Å². The first-order valence-electron chi connectivity index (χ1n) is 19.1. The van der Waals surface area contributed by atoms with Gasteiger partial charge in [-0.3, -0.25) is 9.59 Å². The van der Waals surface area contributed by atoms with E-state index in [2.05, 4.69) is 40.8 Å². The lowest BCUT2D eigenvalue weighted by Gasteiger charge is -2.58. The molecule has 4 nitrogen and oxygen atoms in total. The molecule has 12 atom stereocenters. The quantitative estimate of drug-likeness (QED) is 0.290. The fourth-order valence-corrected chi connectivity index (χ4v) is 16.3. The number of allylic oxidation sites excluding steroid dienone is 2. The van der Waals surface area contributed by atoms with Crippen LogP contribution < -0.4 is 0 Å². The Balaban J connectivity index is 0.951. The summed E-state index contributed by atoms with van der Waals surface area (Å²) in [7, 11) is -2.36. The summed E-state index contributed by atoms with van der Waals surface area (Å²) in [6, 6.07) is 0. The monoisotopic (exact) mass is 632 g/mol. The molecule has 8 aliphatic rings. The number of carbonyl (C=O) groups is 2. The molecule has 6 saturated carbocycles. The van der Waals surface area contributed by atoms with Gasteiger partial charge in [0.05, 0.1) is 12.2 Å². The molecule has 0 N–H and O–H groups in total. The predicted molar refractivity (Wildman–Crippen MR) is 181 cm³/mol. The van der Waals surface area contributed by atoms with Crippen LogP contribution in [0.25, 0.3) is 0 Å². The highest BCUT2D eigenvalue weighted by Gasteiger charge is 2.62. The van der Waals surface area contributed by atoms with Crippen LogP contribution in [-0.2, 0) is 18.4 Å². The Hall–Kier alpha value is -1.04. The van der Waals surface area contributed by atoms with E-state index in [-0.39, 0.29) is 21.7 Å². The number of carbonyl (C=O) groups excluding carboxylic acids is 2. The van der Waals surface area contributed by atoms with Crippen LogP contribution in [0.15, 0.2) is 23.3 Å². The third-order valence-electron chi connectivity index (χ3n) is 16.6. The van der Waals surface area contributed by atoms with Crippen LogP contribution in [-0.4, -0.2) is 32.3 Å². The zero-order valence-electron chi connectivity index (χ0n) is 29.2. The minimum absolute atomic E-state index is 0.240. The third-order valence-corrected chi connectivity index (χ3v) is 18.3. The molecule has 8 aliphatic carbocycles. The average Bonchev–Trinajstić information content (AvgIpc) is 3.49. The molecule has 45 heavy (non-hydrogen) atoms. The zero-order chi connectivity index (χ0) is 31.6. The van der Waals surface area contributed by atoms with Crippen LogP contribution in [0.3, 0.4) is 0 Å². The minimum Gasteiger partial charge on any atom is -0.391 e. The number of hydrogen-bond donors (Lipinski definition) is 0. The third kappa shape index (κ3) is 4.61. The molecule has 0 saturated heterocycles. The topological polar surface area (TPSA) is 52.6 Å². The van der Waals surface area contributed by atoms with Gasteiger partial charge in [-0.25, -0.2) is 0 Å². The van der Waals surface area contributed by atoms with Gasteiger partial charge in [-0.15, -0.1) is 0 Å². The van der Waals surface area contributed by atoms with Crippen molar-refractivity contribution >= 4 is 20.1 Å². The van der Waals surface area contributed by atoms with Crippen molar-refractivity contribution in [2.45, 2.75) is 156 Å². The highest BCUT2D eigenvalue weighted by Crippen LogP contribution is 2.68. The van der Waals surface area contributed by atoms with Crippen LogP contribution in [0.5, 0.6) is 0 Å². The lowest BCUT2D eigenvalue weighted by atomic mass is 9.47. The van der Waals surface area contributed by atoms with E-state index in [0.717, 1.165) is 74.0 Å². The second-order valence-electron chi connectivity index (χ2n) is 18.8. The first kappa shape index (κ1) is 31.2. The summed E-state index contributed by atoms with van der Waals surface area (Å²) in [4.78, 5) is 24.5. The minimum atomic E-state index is -2.36. The number of ketones is 2. The van der Waals surface area contributed by atoms with E-state index in [0.29, 0.717) is 23.8 Å². The summed E-state index contributed by atoms with van der Waals surface area (Å²) in [5, 5.41) is 0. The van der Waals surface area contributed by atoms with Gasteiger partial charge in [0.2, 0.25) is 0 Å². The van der Waals surface area contributed by atoms with Gasteiger partial charge in [0, 0.05) is 12.8 Å². The fourth-order valence-electron chi connectivity index (χ4n) is 14.1. The Morgan fingerprint density at radius 1 is 0.556 bits per heavy atom. The predicted octanol–water partition coefficient (Wildman–Crippen LogP) is 9.52. The van der Waals surface area contributed by atoms with E-state index < -0.39 is 8.56 Å². The molecule has 0 amide bonds. The largest absolute Gasteiger partial charge is 0.391 e. The van der Waals surface area contributed by atoms with E-state index in [1.165, 1.54) is 75.4 Å². The van der Waals surface area contributed by atoms with E-state index >= 15 is 0 Å². The molecule has 0 unspecified atom stereocenters. The van der Waals surface area contributed by atoms with Gasteiger partial charge in [-0.2, -0.15) is 0 Å². The fraction of sp³-hybridized carbons (Fsp3) is 0.850. The van der Waals surface area contributed by atoms with Crippen molar-refractivity contribution in [1.29, 1.82) is 0 Å². The zero-order valence-corrected chi connectivity index (χ0v) is 30.2. The summed E-state index contributed by atoms with van der Waals surface area (Å²) in [6.45, 7) is 14.9.